The van der Waals surface area contributed by atoms with Crippen LogP contribution in [-0.4, -0.2) is 14.1 Å². The lowest BCUT2D eigenvalue weighted by Crippen LogP contribution is -2.34. The van der Waals surface area contributed by atoms with E-state index in [2.05, 4.69) is 83.9 Å². The van der Waals surface area contributed by atoms with E-state index >= 15 is 0 Å². The molecule has 0 saturated heterocycles. The van der Waals surface area contributed by atoms with Crippen LogP contribution in [0.25, 0.3) is 5.57 Å². The maximum atomic E-state index is 4.91. The molecular formula is C18H29NSi. The fourth-order valence-electron chi connectivity index (χ4n) is 1.65. The minimum atomic E-state index is -1.66. The van der Waals surface area contributed by atoms with Crippen LogP contribution in [0.5, 0.6) is 0 Å². The maximum Gasteiger partial charge on any atom is 0.193 e. The van der Waals surface area contributed by atoms with Gasteiger partial charge in [0.1, 0.15) is 0 Å². The lowest BCUT2D eigenvalue weighted by atomic mass is 9.98. The van der Waals surface area contributed by atoms with Crippen LogP contribution < -0.4 is 0 Å². The molecule has 0 atom stereocenters. The summed E-state index contributed by atoms with van der Waals surface area (Å²) in [5.41, 5.74) is 2.49. The number of rotatable bonds is 4. The van der Waals surface area contributed by atoms with E-state index in [0.29, 0.717) is 5.92 Å². The molecule has 0 aliphatic carbocycles. The first-order valence-electron chi connectivity index (χ1n) is 7.52. The van der Waals surface area contributed by atoms with Gasteiger partial charge < -0.3 is 0 Å². The van der Waals surface area contributed by atoms with Gasteiger partial charge in [0.2, 0.25) is 0 Å². The number of hydrogen-bond acceptors (Lipinski definition) is 1. The number of nitrogens with zero attached hydrogens (tertiary/aromatic N) is 1. The molecule has 0 amide bonds. The molecule has 110 valence electrons. The van der Waals surface area contributed by atoms with E-state index in [0.717, 1.165) is 6.42 Å². The summed E-state index contributed by atoms with van der Waals surface area (Å²) in [5, 5.41) is 0.264. The third-order valence-electron chi connectivity index (χ3n) is 4.04. The van der Waals surface area contributed by atoms with E-state index in [4.69, 9.17) is 4.66 Å². The first-order valence-corrected chi connectivity index (χ1v) is 10.5. The Kier molecular flexibility index (Phi) is 5.56. The molecule has 0 saturated carbocycles. The molecule has 0 N–H and O–H groups in total. The summed E-state index contributed by atoms with van der Waals surface area (Å²) < 4.78 is 4.91. The monoisotopic (exact) mass is 287 g/mol. The van der Waals surface area contributed by atoms with Gasteiger partial charge >= 0.3 is 0 Å². The topological polar surface area (TPSA) is 12.4 Å². The zero-order chi connectivity index (χ0) is 15.4. The van der Waals surface area contributed by atoms with E-state index in [9.17, 15) is 0 Å². The van der Waals surface area contributed by atoms with Gasteiger partial charge in [-0.25, -0.2) is 0 Å². The molecule has 0 heterocycles. The highest BCUT2D eigenvalue weighted by Crippen LogP contribution is 2.36. The van der Waals surface area contributed by atoms with Crippen molar-refractivity contribution in [2.75, 3.05) is 0 Å². The Bertz CT molecular complexity index is 486. The molecule has 0 bridgehead atoms. The summed E-state index contributed by atoms with van der Waals surface area (Å²) in [4.78, 5) is 0. The van der Waals surface area contributed by atoms with Crippen molar-refractivity contribution in [1.82, 2.24) is 0 Å². The van der Waals surface area contributed by atoms with Crippen molar-refractivity contribution in [2.45, 2.75) is 59.2 Å². The van der Waals surface area contributed by atoms with E-state index in [1.165, 1.54) is 11.1 Å². The smallest absolute Gasteiger partial charge is 0.193 e. The van der Waals surface area contributed by atoms with Crippen LogP contribution in [0.3, 0.4) is 0 Å². The number of allylic oxidation sites excluding steroid dienone is 1. The predicted molar refractivity (Wildman–Crippen MR) is 93.9 cm³/mol. The Morgan fingerprint density at radius 2 is 1.70 bits per heavy atom. The van der Waals surface area contributed by atoms with Gasteiger partial charge in [-0.1, -0.05) is 65.0 Å². The summed E-state index contributed by atoms with van der Waals surface area (Å²) in [6.45, 7) is 16.0. The van der Waals surface area contributed by atoms with Gasteiger partial charge in [-0.05, 0) is 41.9 Å². The highest BCUT2D eigenvalue weighted by atomic mass is 28.3. The molecule has 1 aromatic rings. The van der Waals surface area contributed by atoms with Crippen LogP contribution in [0.1, 0.15) is 46.6 Å². The van der Waals surface area contributed by atoms with Crippen molar-refractivity contribution in [3.05, 3.63) is 35.9 Å². The van der Waals surface area contributed by atoms with Crippen LogP contribution in [0.4, 0.5) is 0 Å². The summed E-state index contributed by atoms with van der Waals surface area (Å²) >= 11 is 0. The largest absolute Gasteiger partial charge is 0.283 e. The highest BCUT2D eigenvalue weighted by Gasteiger charge is 2.35. The molecule has 2 heteroatoms. The molecule has 0 aliphatic rings. The number of hydrogen-bond donors (Lipinski definition) is 0. The Morgan fingerprint density at radius 1 is 1.15 bits per heavy atom. The van der Waals surface area contributed by atoms with Crippen molar-refractivity contribution in [2.24, 2.45) is 10.6 Å². The molecule has 0 aromatic heterocycles. The first-order chi connectivity index (χ1) is 9.13. The predicted octanol–water partition coefficient (Wildman–Crippen LogP) is 5.79. The Balaban J connectivity index is 3.21. The maximum absolute atomic E-state index is 4.91. The molecule has 1 nitrogen and oxygen atoms in total. The van der Waals surface area contributed by atoms with Crippen molar-refractivity contribution in [3.63, 3.8) is 0 Å². The summed E-state index contributed by atoms with van der Waals surface area (Å²) in [6, 6.07) is 10.5. The summed E-state index contributed by atoms with van der Waals surface area (Å²) in [6.07, 6.45) is 1.03. The van der Waals surface area contributed by atoms with Crippen LogP contribution in [0, 0.1) is 5.92 Å². The van der Waals surface area contributed by atoms with Gasteiger partial charge in [-0.2, -0.15) is 0 Å². The molecule has 20 heavy (non-hydrogen) atoms. The molecular weight excluding hydrogens is 258 g/mol. The van der Waals surface area contributed by atoms with Crippen molar-refractivity contribution < 1.29 is 0 Å². The third-order valence-corrected chi connectivity index (χ3v) is 8.38. The second-order valence-electron chi connectivity index (χ2n) is 7.48. The van der Waals surface area contributed by atoms with Crippen molar-refractivity contribution in [3.8, 4) is 0 Å². The van der Waals surface area contributed by atoms with Crippen molar-refractivity contribution >= 4 is 19.7 Å². The van der Waals surface area contributed by atoms with E-state index < -0.39 is 8.24 Å². The van der Waals surface area contributed by atoms with Gasteiger partial charge in [0.05, 0.1) is 0 Å². The minimum absolute atomic E-state index is 0.264. The average molecular weight is 288 g/mol. The van der Waals surface area contributed by atoms with E-state index in [1.807, 2.05) is 0 Å². The second kappa shape index (κ2) is 6.56. The van der Waals surface area contributed by atoms with Crippen LogP contribution in [0.2, 0.25) is 18.1 Å². The molecule has 0 aliphatic heterocycles. The van der Waals surface area contributed by atoms with Crippen molar-refractivity contribution in [1.29, 1.82) is 0 Å². The third kappa shape index (κ3) is 4.77. The lowest BCUT2D eigenvalue weighted by molar-refractivity contribution is 0.675. The summed E-state index contributed by atoms with van der Waals surface area (Å²) in [5.74, 6) is 4.04. The molecule has 0 spiro atoms. The lowest BCUT2D eigenvalue weighted by Gasteiger charge is -2.31. The van der Waals surface area contributed by atoms with E-state index in [-0.39, 0.29) is 5.04 Å². The molecule has 0 fully saturated rings. The minimum Gasteiger partial charge on any atom is -0.283 e. The molecule has 1 aromatic carbocycles. The van der Waals surface area contributed by atoms with E-state index in [1.54, 1.807) is 0 Å². The zero-order valence-corrected chi connectivity index (χ0v) is 15.1. The normalized spacial score (nSPS) is 12.2. The molecule has 0 radical (unpaired) electrons. The zero-order valence-electron chi connectivity index (χ0n) is 14.1. The quantitative estimate of drug-likeness (QED) is 0.491. The van der Waals surface area contributed by atoms with Crippen LogP contribution in [0.15, 0.2) is 35.0 Å². The van der Waals surface area contributed by atoms with Gasteiger partial charge in [0.15, 0.2) is 8.24 Å². The average Bonchev–Trinajstić information content (AvgIpc) is 2.33. The fraction of sp³-hybridized carbons (Fsp3) is 0.556. The van der Waals surface area contributed by atoms with Crippen LogP contribution >= 0.6 is 0 Å². The van der Waals surface area contributed by atoms with Crippen LogP contribution in [-0.2, 0) is 0 Å². The standard InChI is InChI=1S/C18H29NSi/c1-15(2)13-17(16-11-9-8-10-12-16)14-19-20(6,7)18(3,4)5/h8-12,15H,13H2,1-7H3. The van der Waals surface area contributed by atoms with Gasteiger partial charge in [0.25, 0.3) is 0 Å². The first kappa shape index (κ1) is 16.9. The highest BCUT2D eigenvalue weighted by molar-refractivity contribution is 6.79. The Labute approximate surface area is 125 Å². The molecule has 0 unspecified atom stereocenters. The Morgan fingerprint density at radius 3 is 2.15 bits per heavy atom. The summed E-state index contributed by atoms with van der Waals surface area (Å²) in [7, 11) is -1.66. The fourth-order valence-corrected chi connectivity index (χ4v) is 2.40. The number of benzene rings is 1. The van der Waals surface area contributed by atoms with Gasteiger partial charge in [-0.3, -0.25) is 4.66 Å². The Hall–Kier alpha value is -1.11. The second-order valence-corrected chi connectivity index (χ2v) is 12.3. The molecule has 1 rings (SSSR count). The van der Waals surface area contributed by atoms with Gasteiger partial charge in [-0.15, -0.1) is 0 Å². The van der Waals surface area contributed by atoms with Gasteiger partial charge in [0, 0.05) is 5.57 Å². The SMILES string of the molecule is CC(C)CC(=C=N[Si](C)(C)C(C)(C)C)c1ccccc1.